The Bertz CT molecular complexity index is 1300. The van der Waals surface area contributed by atoms with Gasteiger partial charge in [0.25, 0.3) is 15.9 Å². The fourth-order valence-corrected chi connectivity index (χ4v) is 6.25. The number of benzene rings is 1. The van der Waals surface area contributed by atoms with Crippen LogP contribution >= 0.6 is 11.3 Å². The van der Waals surface area contributed by atoms with Gasteiger partial charge in [0.1, 0.15) is 18.3 Å². The number of carbonyl (C=O) groups excluding carboxylic acids is 2. The van der Waals surface area contributed by atoms with Crippen molar-refractivity contribution in [3.8, 4) is 0 Å². The summed E-state index contributed by atoms with van der Waals surface area (Å²) < 4.78 is 56.8. The Morgan fingerprint density at radius 2 is 1.63 bits per heavy atom. The second-order valence-electron chi connectivity index (χ2n) is 9.82. The maximum absolute atomic E-state index is 13.0. The molecule has 0 spiro atoms. The summed E-state index contributed by atoms with van der Waals surface area (Å²) >= 11 is 1.15. The molecule has 5 atom stereocenters. The molecule has 0 saturated carbocycles. The molecule has 0 aliphatic carbocycles. The van der Waals surface area contributed by atoms with Gasteiger partial charge in [-0.1, -0.05) is 0 Å². The highest BCUT2D eigenvalue weighted by Crippen LogP contribution is 2.44. The molecule has 4 heterocycles. The van der Waals surface area contributed by atoms with E-state index in [-0.39, 0.29) is 16.6 Å². The standard InChI is InChI=1S/C23H28N4O9S2/c1-22(2)33-15-16(34-22)18-20(36-23(3,4)35-18)32-17(15)19(29)25-11-14(28)26-12-5-7-13(8-6-12)38(30,31)27-21-24-9-10-37-21/h5-10,15-18,20H,11H2,1-4H3,(H,24,27)(H,25,29)(H,26,28)/t15-,16-,17-,18-,20+/m1/s1. The maximum Gasteiger partial charge on any atom is 0.263 e. The van der Waals surface area contributed by atoms with Crippen LogP contribution in [0.4, 0.5) is 10.8 Å². The molecule has 0 bridgehead atoms. The maximum atomic E-state index is 13.0. The molecule has 3 N–H and O–H groups in total. The minimum atomic E-state index is -3.82. The Labute approximate surface area is 223 Å². The van der Waals surface area contributed by atoms with Crippen molar-refractivity contribution >= 4 is 44.0 Å². The van der Waals surface area contributed by atoms with Gasteiger partial charge >= 0.3 is 0 Å². The second kappa shape index (κ2) is 9.82. The number of thiazole rings is 1. The first-order valence-corrected chi connectivity index (χ1v) is 14.1. The van der Waals surface area contributed by atoms with Crippen molar-refractivity contribution in [2.24, 2.45) is 0 Å². The van der Waals surface area contributed by atoms with E-state index in [2.05, 4.69) is 20.3 Å². The van der Waals surface area contributed by atoms with Gasteiger partial charge in [0.05, 0.1) is 11.4 Å². The quantitative estimate of drug-likeness (QED) is 0.445. The van der Waals surface area contributed by atoms with Gasteiger partial charge in [0.15, 0.2) is 29.1 Å². The molecule has 38 heavy (non-hydrogen) atoms. The lowest BCUT2D eigenvalue weighted by Gasteiger charge is -2.36. The first-order chi connectivity index (χ1) is 17.8. The van der Waals surface area contributed by atoms with Crippen molar-refractivity contribution in [3.05, 3.63) is 35.8 Å². The minimum Gasteiger partial charge on any atom is -0.345 e. The molecule has 3 saturated heterocycles. The molecule has 0 unspecified atom stereocenters. The number of aromatic nitrogens is 1. The lowest BCUT2D eigenvalue weighted by atomic mass is 9.98. The van der Waals surface area contributed by atoms with Crippen LogP contribution in [0.3, 0.4) is 0 Å². The van der Waals surface area contributed by atoms with E-state index in [9.17, 15) is 18.0 Å². The predicted octanol–water partition coefficient (Wildman–Crippen LogP) is 1.40. The number of anilines is 2. The molecule has 206 valence electrons. The molecular weight excluding hydrogens is 540 g/mol. The van der Waals surface area contributed by atoms with Crippen molar-refractivity contribution in [2.45, 2.75) is 74.9 Å². The predicted molar refractivity (Wildman–Crippen MR) is 134 cm³/mol. The summed E-state index contributed by atoms with van der Waals surface area (Å²) in [6.07, 6.45) is -2.39. The van der Waals surface area contributed by atoms with Crippen LogP contribution in [0.5, 0.6) is 0 Å². The number of carbonyl (C=O) groups is 2. The van der Waals surface area contributed by atoms with Crippen molar-refractivity contribution < 1.29 is 41.7 Å². The molecule has 2 amide bonds. The van der Waals surface area contributed by atoms with E-state index in [0.29, 0.717) is 5.69 Å². The number of hydrogen-bond acceptors (Lipinski definition) is 11. The Morgan fingerprint density at radius 3 is 2.32 bits per heavy atom. The highest BCUT2D eigenvalue weighted by Gasteiger charge is 2.62. The van der Waals surface area contributed by atoms with Crippen molar-refractivity contribution in [1.29, 1.82) is 0 Å². The SMILES string of the molecule is CC1(C)O[C@@H]2[C@@H](O1)[C@H](C(=O)NCC(=O)Nc1ccc(S(=O)(=O)Nc3nccs3)cc1)O[C@H]1OC(C)(C)O[C@@H]12. The van der Waals surface area contributed by atoms with Crippen LogP contribution in [0.2, 0.25) is 0 Å². The lowest BCUT2D eigenvalue weighted by molar-refractivity contribution is -0.231. The van der Waals surface area contributed by atoms with E-state index in [1.165, 1.54) is 30.5 Å². The summed E-state index contributed by atoms with van der Waals surface area (Å²) in [4.78, 5) is 29.4. The van der Waals surface area contributed by atoms with E-state index in [1.54, 1.807) is 33.1 Å². The summed E-state index contributed by atoms with van der Waals surface area (Å²) in [5.41, 5.74) is 0.349. The average Bonchev–Trinajstić information content (AvgIpc) is 3.52. The van der Waals surface area contributed by atoms with Gasteiger partial charge < -0.3 is 34.3 Å². The van der Waals surface area contributed by atoms with Gasteiger partial charge in [-0.3, -0.25) is 14.3 Å². The third kappa shape index (κ3) is 5.68. The monoisotopic (exact) mass is 568 g/mol. The summed E-state index contributed by atoms with van der Waals surface area (Å²) in [5, 5.41) is 7.06. The molecule has 1 aromatic heterocycles. The molecule has 1 aromatic carbocycles. The van der Waals surface area contributed by atoms with Crippen LogP contribution in [0.15, 0.2) is 40.7 Å². The van der Waals surface area contributed by atoms with Crippen LogP contribution in [-0.2, 0) is 43.3 Å². The fourth-order valence-electron chi connectivity index (χ4n) is 4.46. The number of amides is 2. The van der Waals surface area contributed by atoms with Crippen molar-refractivity contribution in [2.75, 3.05) is 16.6 Å². The van der Waals surface area contributed by atoms with E-state index in [1.807, 2.05) is 0 Å². The average molecular weight is 569 g/mol. The van der Waals surface area contributed by atoms with Crippen LogP contribution in [0.25, 0.3) is 0 Å². The van der Waals surface area contributed by atoms with Gasteiger partial charge in [-0.25, -0.2) is 13.4 Å². The Hall–Kier alpha value is -2.66. The van der Waals surface area contributed by atoms with Gasteiger partial charge in [0, 0.05) is 17.3 Å². The van der Waals surface area contributed by atoms with Crippen LogP contribution in [0, 0.1) is 0 Å². The van der Waals surface area contributed by atoms with Crippen LogP contribution < -0.4 is 15.4 Å². The molecule has 3 aliphatic heterocycles. The van der Waals surface area contributed by atoms with Crippen molar-refractivity contribution in [3.63, 3.8) is 0 Å². The summed E-state index contributed by atoms with van der Waals surface area (Å²) in [6.45, 7) is 6.58. The first kappa shape index (κ1) is 26.9. The van der Waals surface area contributed by atoms with E-state index in [4.69, 9.17) is 23.7 Å². The third-order valence-electron chi connectivity index (χ3n) is 5.94. The molecular formula is C23H28N4O9S2. The molecule has 2 aromatic rings. The largest absolute Gasteiger partial charge is 0.345 e. The topological polar surface area (TPSA) is 163 Å². The molecule has 3 fully saturated rings. The molecule has 0 radical (unpaired) electrons. The second-order valence-corrected chi connectivity index (χ2v) is 12.4. The Kier molecular flexibility index (Phi) is 6.96. The van der Waals surface area contributed by atoms with E-state index < -0.39 is 64.1 Å². The van der Waals surface area contributed by atoms with Gasteiger partial charge in [-0.05, 0) is 52.0 Å². The number of fused-ring (bicyclic) bond motifs is 3. The lowest BCUT2D eigenvalue weighted by Crippen LogP contribution is -2.59. The molecule has 5 rings (SSSR count). The van der Waals surface area contributed by atoms with Gasteiger partial charge in [-0.15, -0.1) is 11.3 Å². The zero-order chi connectivity index (χ0) is 27.3. The van der Waals surface area contributed by atoms with E-state index in [0.717, 1.165) is 11.3 Å². The number of nitrogens with one attached hydrogen (secondary N) is 3. The molecule has 15 heteroatoms. The number of nitrogens with zero attached hydrogens (tertiary/aromatic N) is 1. The zero-order valence-electron chi connectivity index (χ0n) is 21.0. The van der Waals surface area contributed by atoms with Crippen LogP contribution in [0.1, 0.15) is 27.7 Å². The fraction of sp³-hybridized carbons (Fsp3) is 0.522. The zero-order valence-corrected chi connectivity index (χ0v) is 22.6. The number of ether oxygens (including phenoxy) is 5. The van der Waals surface area contributed by atoms with Gasteiger partial charge in [-0.2, -0.15) is 0 Å². The number of rotatable bonds is 7. The smallest absolute Gasteiger partial charge is 0.263 e. The highest BCUT2D eigenvalue weighted by molar-refractivity contribution is 7.93. The normalized spacial score (nSPS) is 29.2. The number of sulfonamides is 1. The summed E-state index contributed by atoms with van der Waals surface area (Å²) in [6, 6.07) is 5.58. The summed E-state index contributed by atoms with van der Waals surface area (Å²) in [7, 11) is -3.82. The summed E-state index contributed by atoms with van der Waals surface area (Å²) in [5.74, 6) is -2.98. The minimum absolute atomic E-state index is 0.00398. The number of hydrogen-bond donors (Lipinski definition) is 3. The van der Waals surface area contributed by atoms with E-state index >= 15 is 0 Å². The first-order valence-electron chi connectivity index (χ1n) is 11.8. The van der Waals surface area contributed by atoms with Crippen molar-refractivity contribution in [1.82, 2.24) is 10.3 Å². The Morgan fingerprint density at radius 1 is 0.974 bits per heavy atom. The van der Waals surface area contributed by atoms with Crippen LogP contribution in [-0.4, -0.2) is 74.0 Å². The third-order valence-corrected chi connectivity index (χ3v) is 8.11. The molecule has 13 nitrogen and oxygen atoms in total. The highest BCUT2D eigenvalue weighted by atomic mass is 32.2. The van der Waals surface area contributed by atoms with Gasteiger partial charge in [0.2, 0.25) is 5.91 Å². The molecule has 3 aliphatic rings. The Balaban J connectivity index is 1.17.